The molecule has 1 aliphatic carbocycles. The molecule has 0 saturated heterocycles. The smallest absolute Gasteiger partial charge is 0.326 e. The van der Waals surface area contributed by atoms with Gasteiger partial charge in [-0.1, -0.05) is 33.1 Å². The number of rotatable bonds is 6. The first-order valence-corrected chi connectivity index (χ1v) is 7.30. The van der Waals surface area contributed by atoms with Crippen LogP contribution in [0.25, 0.3) is 0 Å². The number of nitrogens with one attached hydrogen (secondary N) is 2. The molecular weight excluding hydrogens is 244 g/mol. The van der Waals surface area contributed by atoms with E-state index in [0.717, 1.165) is 25.2 Å². The van der Waals surface area contributed by atoms with Gasteiger partial charge in [0.1, 0.15) is 6.04 Å². The van der Waals surface area contributed by atoms with Crippen LogP contribution in [-0.4, -0.2) is 29.7 Å². The Morgan fingerprint density at radius 2 is 2.11 bits per heavy atom. The standard InChI is InChI=1S/C14H26N2O3/c1-3-5-12(13(17)18)16-14(19)15-9-11-7-4-6-10(2)8-11/h10-12H,3-9H2,1-2H3,(H,17,18)(H2,15,16,19)/t10?,11?,12-/m1/s1. The van der Waals surface area contributed by atoms with Gasteiger partial charge in [0.25, 0.3) is 0 Å². The molecular formula is C14H26N2O3. The lowest BCUT2D eigenvalue weighted by atomic mass is 9.82. The fourth-order valence-corrected chi connectivity index (χ4v) is 2.74. The summed E-state index contributed by atoms with van der Waals surface area (Å²) < 4.78 is 0. The van der Waals surface area contributed by atoms with E-state index in [4.69, 9.17) is 5.11 Å². The fourth-order valence-electron chi connectivity index (χ4n) is 2.74. The van der Waals surface area contributed by atoms with Crippen molar-refractivity contribution in [3.63, 3.8) is 0 Å². The van der Waals surface area contributed by atoms with Crippen molar-refractivity contribution < 1.29 is 14.7 Å². The molecule has 2 unspecified atom stereocenters. The van der Waals surface area contributed by atoms with Crippen molar-refractivity contribution in [2.45, 2.75) is 58.4 Å². The van der Waals surface area contributed by atoms with E-state index >= 15 is 0 Å². The van der Waals surface area contributed by atoms with E-state index in [0.29, 0.717) is 18.9 Å². The maximum Gasteiger partial charge on any atom is 0.326 e. The highest BCUT2D eigenvalue weighted by Crippen LogP contribution is 2.27. The normalized spacial score (nSPS) is 24.5. The molecule has 3 N–H and O–H groups in total. The second kappa shape index (κ2) is 8.02. The first-order chi connectivity index (χ1) is 9.02. The van der Waals surface area contributed by atoms with E-state index in [1.165, 1.54) is 12.8 Å². The van der Waals surface area contributed by atoms with E-state index in [1.807, 2.05) is 6.92 Å². The van der Waals surface area contributed by atoms with Gasteiger partial charge < -0.3 is 15.7 Å². The molecule has 19 heavy (non-hydrogen) atoms. The third kappa shape index (κ3) is 5.94. The summed E-state index contributed by atoms with van der Waals surface area (Å²) in [5.41, 5.74) is 0. The van der Waals surface area contributed by atoms with Gasteiger partial charge in [-0.15, -0.1) is 0 Å². The highest BCUT2D eigenvalue weighted by Gasteiger charge is 2.21. The molecule has 1 saturated carbocycles. The van der Waals surface area contributed by atoms with Gasteiger partial charge in [0.2, 0.25) is 0 Å². The number of hydrogen-bond acceptors (Lipinski definition) is 2. The Morgan fingerprint density at radius 3 is 2.68 bits per heavy atom. The van der Waals surface area contributed by atoms with E-state index in [1.54, 1.807) is 0 Å². The quantitative estimate of drug-likeness (QED) is 0.693. The van der Waals surface area contributed by atoms with Crippen molar-refractivity contribution in [1.29, 1.82) is 0 Å². The second-order valence-corrected chi connectivity index (χ2v) is 5.67. The molecule has 0 aromatic rings. The highest BCUT2D eigenvalue weighted by atomic mass is 16.4. The lowest BCUT2D eigenvalue weighted by Crippen LogP contribution is -2.47. The summed E-state index contributed by atoms with van der Waals surface area (Å²) in [6, 6.07) is -1.14. The van der Waals surface area contributed by atoms with Crippen LogP contribution >= 0.6 is 0 Å². The van der Waals surface area contributed by atoms with Crippen LogP contribution in [0.15, 0.2) is 0 Å². The molecule has 0 aromatic carbocycles. The molecule has 2 amide bonds. The molecule has 1 rings (SSSR count). The topological polar surface area (TPSA) is 78.4 Å². The lowest BCUT2D eigenvalue weighted by molar-refractivity contribution is -0.139. The minimum Gasteiger partial charge on any atom is -0.480 e. The Kier molecular flexibility index (Phi) is 6.67. The molecule has 0 heterocycles. The van der Waals surface area contributed by atoms with Crippen LogP contribution in [0.4, 0.5) is 4.79 Å². The summed E-state index contributed by atoms with van der Waals surface area (Å²) in [4.78, 5) is 22.6. The Balaban J connectivity index is 2.28. The van der Waals surface area contributed by atoms with Crippen molar-refractivity contribution in [1.82, 2.24) is 10.6 Å². The molecule has 0 aliphatic heterocycles. The number of amides is 2. The molecule has 0 aromatic heterocycles. The molecule has 5 nitrogen and oxygen atoms in total. The molecule has 0 spiro atoms. The third-order valence-corrected chi connectivity index (χ3v) is 3.78. The third-order valence-electron chi connectivity index (χ3n) is 3.78. The SMILES string of the molecule is CCC[C@@H](NC(=O)NCC1CCCC(C)C1)C(=O)O. The zero-order valence-corrected chi connectivity index (χ0v) is 11.9. The van der Waals surface area contributed by atoms with Gasteiger partial charge in [-0.3, -0.25) is 0 Å². The van der Waals surface area contributed by atoms with Crippen LogP contribution in [0.2, 0.25) is 0 Å². The van der Waals surface area contributed by atoms with Gasteiger partial charge in [0, 0.05) is 6.54 Å². The Labute approximate surface area is 115 Å². The number of carbonyl (C=O) groups is 2. The zero-order chi connectivity index (χ0) is 14.3. The number of carbonyl (C=O) groups excluding carboxylic acids is 1. The van der Waals surface area contributed by atoms with Crippen LogP contribution in [0, 0.1) is 11.8 Å². The first kappa shape index (κ1) is 15.8. The van der Waals surface area contributed by atoms with Gasteiger partial charge in [0.05, 0.1) is 0 Å². The van der Waals surface area contributed by atoms with Crippen LogP contribution in [0.3, 0.4) is 0 Å². The van der Waals surface area contributed by atoms with E-state index < -0.39 is 12.0 Å². The van der Waals surface area contributed by atoms with Crippen molar-refractivity contribution >= 4 is 12.0 Å². The average molecular weight is 270 g/mol. The minimum atomic E-state index is -0.969. The average Bonchev–Trinajstić information content (AvgIpc) is 2.36. The largest absolute Gasteiger partial charge is 0.480 e. The van der Waals surface area contributed by atoms with Gasteiger partial charge in [-0.05, 0) is 31.1 Å². The summed E-state index contributed by atoms with van der Waals surface area (Å²) in [5.74, 6) is 0.294. The molecule has 3 atom stereocenters. The summed E-state index contributed by atoms with van der Waals surface area (Å²) in [5, 5.41) is 14.3. The Bertz CT molecular complexity index is 307. The maximum atomic E-state index is 11.7. The number of carboxylic acids is 1. The predicted octanol–water partition coefficient (Wildman–Crippen LogP) is 2.37. The van der Waals surface area contributed by atoms with Crippen molar-refractivity contribution in [2.75, 3.05) is 6.54 Å². The highest BCUT2D eigenvalue weighted by molar-refractivity contribution is 5.82. The maximum absolute atomic E-state index is 11.7. The van der Waals surface area contributed by atoms with Gasteiger partial charge in [-0.25, -0.2) is 9.59 Å². The Morgan fingerprint density at radius 1 is 1.37 bits per heavy atom. The van der Waals surface area contributed by atoms with E-state index in [9.17, 15) is 9.59 Å². The van der Waals surface area contributed by atoms with E-state index in [2.05, 4.69) is 17.6 Å². The van der Waals surface area contributed by atoms with Crippen LogP contribution in [0.1, 0.15) is 52.4 Å². The Hall–Kier alpha value is -1.26. The van der Waals surface area contributed by atoms with Crippen LogP contribution < -0.4 is 10.6 Å². The fraction of sp³-hybridized carbons (Fsp3) is 0.857. The summed E-state index contributed by atoms with van der Waals surface area (Å²) >= 11 is 0. The summed E-state index contributed by atoms with van der Waals surface area (Å²) in [6.45, 7) is 4.79. The van der Waals surface area contributed by atoms with Crippen molar-refractivity contribution in [3.8, 4) is 0 Å². The second-order valence-electron chi connectivity index (χ2n) is 5.67. The molecule has 1 aliphatic rings. The lowest BCUT2D eigenvalue weighted by Gasteiger charge is -2.27. The van der Waals surface area contributed by atoms with Gasteiger partial charge in [-0.2, -0.15) is 0 Å². The zero-order valence-electron chi connectivity index (χ0n) is 11.9. The van der Waals surface area contributed by atoms with Crippen molar-refractivity contribution in [2.24, 2.45) is 11.8 Å². The molecule has 110 valence electrons. The van der Waals surface area contributed by atoms with Gasteiger partial charge >= 0.3 is 12.0 Å². The van der Waals surface area contributed by atoms with Gasteiger partial charge in [0.15, 0.2) is 0 Å². The first-order valence-electron chi connectivity index (χ1n) is 7.30. The molecule has 0 bridgehead atoms. The van der Waals surface area contributed by atoms with Crippen LogP contribution in [0.5, 0.6) is 0 Å². The number of carboxylic acid groups (broad SMARTS) is 1. The number of aliphatic carboxylic acids is 1. The monoisotopic (exact) mass is 270 g/mol. The molecule has 5 heteroatoms. The minimum absolute atomic E-state index is 0.362. The number of hydrogen-bond donors (Lipinski definition) is 3. The molecule has 1 fully saturated rings. The van der Waals surface area contributed by atoms with Crippen molar-refractivity contribution in [3.05, 3.63) is 0 Å². The summed E-state index contributed by atoms with van der Waals surface area (Å²) in [6.07, 6.45) is 6.00. The van der Waals surface area contributed by atoms with E-state index in [-0.39, 0.29) is 6.03 Å². The number of urea groups is 1. The predicted molar refractivity (Wildman–Crippen MR) is 74.0 cm³/mol. The van der Waals surface area contributed by atoms with Crippen LogP contribution in [-0.2, 0) is 4.79 Å². The summed E-state index contributed by atoms with van der Waals surface area (Å²) in [7, 11) is 0. The molecule has 0 radical (unpaired) electrons.